The number of hydrogen-bond donors (Lipinski definition) is 2. The van der Waals surface area contributed by atoms with E-state index in [0.717, 1.165) is 24.2 Å². The molecular weight excluding hydrogens is 276 g/mol. The maximum Gasteiger partial charge on any atom is 0.337 e. The summed E-state index contributed by atoms with van der Waals surface area (Å²) < 4.78 is 9.66. The molecule has 0 aliphatic carbocycles. The van der Waals surface area contributed by atoms with E-state index in [1.165, 1.54) is 7.11 Å². The van der Waals surface area contributed by atoms with Crippen LogP contribution in [0.3, 0.4) is 0 Å². The summed E-state index contributed by atoms with van der Waals surface area (Å²) in [6.45, 7) is 3.36. The molecule has 0 bridgehead atoms. The van der Waals surface area contributed by atoms with E-state index in [1.54, 1.807) is 19.2 Å². The molecule has 0 aliphatic rings. The van der Waals surface area contributed by atoms with Crippen LogP contribution in [0.2, 0.25) is 0 Å². The molecule has 0 radical (unpaired) electrons. The summed E-state index contributed by atoms with van der Waals surface area (Å²) in [6.07, 6.45) is 0.875. The number of aryl methyl sites for hydroxylation is 1. The van der Waals surface area contributed by atoms with Gasteiger partial charge in [0.15, 0.2) is 5.11 Å². The van der Waals surface area contributed by atoms with E-state index < -0.39 is 0 Å². The fraction of sp³-hybridized carbons (Fsp3) is 0.429. The molecule has 0 saturated carbocycles. The number of carbonyl (C=O) groups is 1. The number of carbonyl (C=O) groups excluding carboxylic acids is 1. The minimum Gasteiger partial charge on any atom is -0.465 e. The summed E-state index contributed by atoms with van der Waals surface area (Å²) in [4.78, 5) is 11.5. The van der Waals surface area contributed by atoms with Gasteiger partial charge in [-0.1, -0.05) is 6.07 Å². The van der Waals surface area contributed by atoms with Crippen LogP contribution in [0.5, 0.6) is 0 Å². The minimum atomic E-state index is -0.368. The zero-order valence-corrected chi connectivity index (χ0v) is 12.8. The second-order valence-corrected chi connectivity index (χ2v) is 4.66. The zero-order chi connectivity index (χ0) is 15.0. The van der Waals surface area contributed by atoms with E-state index in [9.17, 15) is 4.79 Å². The van der Waals surface area contributed by atoms with Gasteiger partial charge in [0.1, 0.15) is 0 Å². The lowest BCUT2D eigenvalue weighted by atomic mass is 10.1. The van der Waals surface area contributed by atoms with Crippen molar-refractivity contribution in [1.82, 2.24) is 5.32 Å². The summed E-state index contributed by atoms with van der Waals surface area (Å²) in [5.41, 5.74) is 2.28. The standard InChI is InChI=1S/C14H20N2O3S/c1-10-5-6-11(13(17)19-3)9-12(10)16-14(20)15-7-4-8-18-2/h5-6,9H,4,7-8H2,1-3H3,(H2,15,16,20). The molecule has 0 heterocycles. The largest absolute Gasteiger partial charge is 0.465 e. The van der Waals surface area contributed by atoms with Gasteiger partial charge < -0.3 is 20.1 Å². The van der Waals surface area contributed by atoms with Crippen LogP contribution in [0.25, 0.3) is 0 Å². The van der Waals surface area contributed by atoms with E-state index in [4.69, 9.17) is 21.7 Å². The highest BCUT2D eigenvalue weighted by atomic mass is 32.1. The van der Waals surface area contributed by atoms with Gasteiger partial charge in [-0.05, 0) is 43.3 Å². The molecule has 0 unspecified atom stereocenters. The van der Waals surface area contributed by atoms with Crippen molar-refractivity contribution < 1.29 is 14.3 Å². The Labute approximate surface area is 124 Å². The number of ether oxygens (including phenoxy) is 2. The molecule has 110 valence electrons. The molecule has 5 nitrogen and oxygen atoms in total. The van der Waals surface area contributed by atoms with E-state index in [1.807, 2.05) is 13.0 Å². The molecule has 0 aliphatic heterocycles. The van der Waals surface area contributed by atoms with Crippen LogP contribution < -0.4 is 10.6 Å². The van der Waals surface area contributed by atoms with Crippen molar-refractivity contribution in [3.63, 3.8) is 0 Å². The van der Waals surface area contributed by atoms with Crippen molar-refractivity contribution >= 4 is 29.0 Å². The van der Waals surface area contributed by atoms with Crippen molar-refractivity contribution in [2.24, 2.45) is 0 Å². The third-order valence-corrected chi connectivity index (χ3v) is 2.96. The molecule has 0 amide bonds. The third-order valence-electron chi connectivity index (χ3n) is 2.72. The lowest BCUT2D eigenvalue weighted by molar-refractivity contribution is 0.0601. The van der Waals surface area contributed by atoms with E-state index >= 15 is 0 Å². The SMILES string of the molecule is COCCCNC(=S)Nc1cc(C(=O)OC)ccc1C. The predicted molar refractivity (Wildman–Crippen MR) is 83.2 cm³/mol. The highest BCUT2D eigenvalue weighted by molar-refractivity contribution is 7.80. The normalized spacial score (nSPS) is 9.95. The maximum absolute atomic E-state index is 11.5. The Morgan fingerprint density at radius 3 is 2.75 bits per heavy atom. The lowest BCUT2D eigenvalue weighted by Gasteiger charge is -2.13. The zero-order valence-electron chi connectivity index (χ0n) is 12.0. The molecule has 0 saturated heterocycles. The Kier molecular flexibility index (Phi) is 6.97. The monoisotopic (exact) mass is 296 g/mol. The summed E-state index contributed by atoms with van der Waals surface area (Å²) in [6, 6.07) is 5.30. The summed E-state index contributed by atoms with van der Waals surface area (Å²) in [5, 5.41) is 6.68. The second-order valence-electron chi connectivity index (χ2n) is 4.25. The van der Waals surface area contributed by atoms with Gasteiger partial charge in [-0.25, -0.2) is 4.79 Å². The molecule has 1 aromatic carbocycles. The first-order chi connectivity index (χ1) is 9.58. The van der Waals surface area contributed by atoms with Crippen LogP contribution in [0, 0.1) is 6.92 Å². The molecule has 20 heavy (non-hydrogen) atoms. The van der Waals surface area contributed by atoms with Crippen LogP contribution in [0.15, 0.2) is 18.2 Å². The molecule has 1 rings (SSSR count). The van der Waals surface area contributed by atoms with Gasteiger partial charge >= 0.3 is 5.97 Å². The summed E-state index contributed by atoms with van der Waals surface area (Å²) in [7, 11) is 3.02. The average molecular weight is 296 g/mol. The van der Waals surface area contributed by atoms with E-state index in [0.29, 0.717) is 17.3 Å². The number of benzene rings is 1. The van der Waals surface area contributed by atoms with E-state index in [-0.39, 0.29) is 5.97 Å². The van der Waals surface area contributed by atoms with Gasteiger partial charge in [0.2, 0.25) is 0 Å². The minimum absolute atomic E-state index is 0.368. The molecule has 0 atom stereocenters. The van der Waals surface area contributed by atoms with Crippen LogP contribution in [0.4, 0.5) is 5.69 Å². The Morgan fingerprint density at radius 2 is 2.10 bits per heavy atom. The van der Waals surface area contributed by atoms with Crippen molar-refractivity contribution in [2.75, 3.05) is 32.7 Å². The van der Waals surface area contributed by atoms with Gasteiger partial charge in [-0.15, -0.1) is 0 Å². The van der Waals surface area contributed by atoms with Gasteiger partial charge in [-0.2, -0.15) is 0 Å². The average Bonchev–Trinajstić information content (AvgIpc) is 2.45. The van der Waals surface area contributed by atoms with Crippen LogP contribution in [0.1, 0.15) is 22.3 Å². The van der Waals surface area contributed by atoms with Crippen molar-refractivity contribution in [3.05, 3.63) is 29.3 Å². The molecule has 0 aromatic heterocycles. The first-order valence-corrected chi connectivity index (χ1v) is 6.72. The van der Waals surface area contributed by atoms with Gasteiger partial charge in [0, 0.05) is 25.9 Å². The Balaban J connectivity index is 2.62. The molecule has 0 fully saturated rings. The first kappa shape index (κ1) is 16.4. The highest BCUT2D eigenvalue weighted by Gasteiger charge is 2.08. The number of esters is 1. The lowest BCUT2D eigenvalue weighted by Crippen LogP contribution is -2.30. The Morgan fingerprint density at radius 1 is 1.35 bits per heavy atom. The molecule has 0 spiro atoms. The van der Waals surface area contributed by atoms with Crippen molar-refractivity contribution in [3.8, 4) is 0 Å². The highest BCUT2D eigenvalue weighted by Crippen LogP contribution is 2.17. The predicted octanol–water partition coefficient (Wildman–Crippen LogP) is 2.10. The van der Waals surface area contributed by atoms with E-state index in [2.05, 4.69) is 10.6 Å². The molecular formula is C14H20N2O3S. The number of nitrogens with one attached hydrogen (secondary N) is 2. The number of hydrogen-bond acceptors (Lipinski definition) is 4. The fourth-order valence-corrected chi connectivity index (χ4v) is 1.80. The topological polar surface area (TPSA) is 59.6 Å². The molecule has 2 N–H and O–H groups in total. The number of thiocarbonyl (C=S) groups is 1. The number of anilines is 1. The summed E-state index contributed by atoms with van der Waals surface area (Å²) >= 11 is 5.20. The van der Waals surface area contributed by atoms with Crippen LogP contribution in [-0.4, -0.2) is 38.5 Å². The maximum atomic E-state index is 11.5. The molecule has 1 aromatic rings. The third kappa shape index (κ3) is 5.14. The van der Waals surface area contributed by atoms with Gasteiger partial charge in [-0.3, -0.25) is 0 Å². The van der Waals surface area contributed by atoms with Gasteiger partial charge in [0.25, 0.3) is 0 Å². The van der Waals surface area contributed by atoms with Crippen LogP contribution >= 0.6 is 12.2 Å². The second kappa shape index (κ2) is 8.50. The quantitative estimate of drug-likeness (QED) is 0.476. The van der Waals surface area contributed by atoms with Crippen molar-refractivity contribution in [1.29, 1.82) is 0 Å². The first-order valence-electron chi connectivity index (χ1n) is 6.31. The summed E-state index contributed by atoms with van der Waals surface area (Å²) in [5.74, 6) is -0.368. The smallest absolute Gasteiger partial charge is 0.337 e. The Hall–Kier alpha value is -1.66. The fourth-order valence-electron chi connectivity index (χ4n) is 1.59. The van der Waals surface area contributed by atoms with Crippen molar-refractivity contribution in [2.45, 2.75) is 13.3 Å². The number of methoxy groups -OCH3 is 2. The van der Waals surface area contributed by atoms with Crippen LogP contribution in [-0.2, 0) is 9.47 Å². The molecule has 6 heteroatoms. The van der Waals surface area contributed by atoms with Gasteiger partial charge in [0.05, 0.1) is 12.7 Å². The number of rotatable bonds is 6. The Bertz CT molecular complexity index is 477.